The highest BCUT2D eigenvalue weighted by molar-refractivity contribution is 6.30. The number of methoxy groups -OCH3 is 1. The molecule has 1 aliphatic rings. The van der Waals surface area contributed by atoms with E-state index >= 15 is 0 Å². The van der Waals surface area contributed by atoms with Crippen LogP contribution in [-0.4, -0.2) is 38.4 Å². The fourth-order valence-electron chi connectivity index (χ4n) is 3.39. The summed E-state index contributed by atoms with van der Waals surface area (Å²) in [6, 6.07) is 12.9. The van der Waals surface area contributed by atoms with E-state index in [0.717, 1.165) is 29.1 Å². The molecule has 6 nitrogen and oxygen atoms in total. The van der Waals surface area contributed by atoms with E-state index in [1.807, 2.05) is 19.1 Å². The Morgan fingerprint density at radius 1 is 1.17 bits per heavy atom. The molecule has 154 valence electrons. The van der Waals surface area contributed by atoms with Gasteiger partial charge in [0.15, 0.2) is 6.61 Å². The number of hydrogen-bond acceptors (Lipinski definition) is 4. The molecule has 29 heavy (non-hydrogen) atoms. The molecule has 7 heteroatoms. The van der Waals surface area contributed by atoms with E-state index in [0.29, 0.717) is 10.8 Å². The van der Waals surface area contributed by atoms with Gasteiger partial charge in [-0.15, -0.1) is 0 Å². The lowest BCUT2D eigenvalue weighted by molar-refractivity contribution is -0.901. The predicted molar refractivity (Wildman–Crippen MR) is 114 cm³/mol. The van der Waals surface area contributed by atoms with Crippen LogP contribution in [0, 0.1) is 0 Å². The molecule has 0 radical (unpaired) electrons. The summed E-state index contributed by atoms with van der Waals surface area (Å²) in [6.07, 6.45) is 2.56. The van der Waals surface area contributed by atoms with E-state index in [2.05, 4.69) is 16.6 Å². The summed E-state index contributed by atoms with van der Waals surface area (Å²) in [5, 5.41) is 4.84. The van der Waals surface area contributed by atoms with Crippen LogP contribution < -0.4 is 19.8 Å². The second kappa shape index (κ2) is 10.3. The summed E-state index contributed by atoms with van der Waals surface area (Å²) in [6.45, 7) is 5.08. The maximum absolute atomic E-state index is 12.0. The average molecular weight is 417 g/mol. The van der Waals surface area contributed by atoms with Crippen molar-refractivity contribution < 1.29 is 19.2 Å². The van der Waals surface area contributed by atoms with Crippen molar-refractivity contribution in [2.45, 2.75) is 26.3 Å². The molecule has 0 aromatic heterocycles. The van der Waals surface area contributed by atoms with Crippen molar-refractivity contribution in [1.82, 2.24) is 5.43 Å². The van der Waals surface area contributed by atoms with E-state index in [4.69, 9.17) is 21.1 Å². The lowest BCUT2D eigenvalue weighted by Gasteiger charge is -2.15. The van der Waals surface area contributed by atoms with Crippen molar-refractivity contribution in [3.05, 3.63) is 58.6 Å². The van der Waals surface area contributed by atoms with Crippen molar-refractivity contribution in [1.29, 1.82) is 0 Å². The lowest BCUT2D eigenvalue weighted by Crippen LogP contribution is -3.08. The summed E-state index contributed by atoms with van der Waals surface area (Å²) in [5.41, 5.74) is 5.39. The van der Waals surface area contributed by atoms with E-state index in [9.17, 15) is 4.79 Å². The number of hydrazone groups is 1. The van der Waals surface area contributed by atoms with Gasteiger partial charge in [-0.25, -0.2) is 5.43 Å². The van der Waals surface area contributed by atoms with Gasteiger partial charge in [-0.3, -0.25) is 4.79 Å². The van der Waals surface area contributed by atoms with Crippen molar-refractivity contribution in [2.24, 2.45) is 5.10 Å². The van der Waals surface area contributed by atoms with Gasteiger partial charge in [-0.2, -0.15) is 5.10 Å². The standard InChI is InChI=1S/C22H26ClN3O3/c1-16(24-25-22(27)15-29-20-8-6-19(23)7-9-20)17-5-10-21(28-2)18(13-17)14-26-11-3-4-12-26/h5-10,13H,3-4,11-12,14-15H2,1-2H3,(H,25,27)/p+1/b24-16-. The SMILES string of the molecule is COc1ccc(/C(C)=N\NC(=O)COc2ccc(Cl)cc2)cc1C[NH+]1CCCC1. The van der Waals surface area contributed by atoms with Gasteiger partial charge in [0.1, 0.15) is 18.0 Å². The van der Waals surface area contributed by atoms with Crippen LogP contribution in [0.15, 0.2) is 47.6 Å². The zero-order valence-electron chi connectivity index (χ0n) is 16.8. The number of nitrogens with one attached hydrogen (secondary N) is 2. The predicted octanol–water partition coefficient (Wildman–Crippen LogP) is 2.45. The van der Waals surface area contributed by atoms with Crippen LogP contribution in [0.4, 0.5) is 0 Å². The topological polar surface area (TPSA) is 64.4 Å². The Labute approximate surface area is 176 Å². The van der Waals surface area contributed by atoms with Gasteiger partial charge in [0.25, 0.3) is 5.91 Å². The number of carbonyl (C=O) groups is 1. The number of rotatable bonds is 8. The molecule has 0 unspecified atom stereocenters. The van der Waals surface area contributed by atoms with E-state index in [-0.39, 0.29) is 12.5 Å². The third-order valence-electron chi connectivity index (χ3n) is 4.98. The minimum absolute atomic E-state index is 0.120. The van der Waals surface area contributed by atoms with Gasteiger partial charge >= 0.3 is 0 Å². The quantitative estimate of drug-likeness (QED) is 0.513. The minimum atomic E-state index is -0.324. The molecule has 0 atom stereocenters. The molecule has 1 aliphatic heterocycles. The third kappa shape index (κ3) is 6.21. The number of likely N-dealkylation sites (tertiary alicyclic amines) is 1. The number of hydrogen-bond donors (Lipinski definition) is 2. The number of benzene rings is 2. The first-order valence-electron chi connectivity index (χ1n) is 9.77. The minimum Gasteiger partial charge on any atom is -0.496 e. The Morgan fingerprint density at radius 2 is 1.90 bits per heavy atom. The summed E-state index contributed by atoms with van der Waals surface area (Å²) >= 11 is 5.83. The van der Waals surface area contributed by atoms with Crippen molar-refractivity contribution in [3.8, 4) is 11.5 Å². The first kappa shape index (κ1) is 21.1. The monoisotopic (exact) mass is 416 g/mol. The van der Waals surface area contributed by atoms with Crippen LogP contribution >= 0.6 is 11.6 Å². The first-order chi connectivity index (χ1) is 14.0. The molecule has 2 aromatic rings. The second-order valence-corrected chi connectivity index (χ2v) is 7.57. The number of halogens is 1. The van der Waals surface area contributed by atoms with Crippen molar-refractivity contribution in [3.63, 3.8) is 0 Å². The molecule has 1 saturated heterocycles. The molecule has 2 aromatic carbocycles. The number of carbonyl (C=O) groups excluding carboxylic acids is 1. The molecular formula is C22H27ClN3O3+. The number of ether oxygens (including phenoxy) is 2. The van der Waals surface area contributed by atoms with Gasteiger partial charge in [0.2, 0.25) is 0 Å². The molecule has 0 spiro atoms. The highest BCUT2D eigenvalue weighted by atomic mass is 35.5. The number of amides is 1. The van der Waals surface area contributed by atoms with Crippen LogP contribution in [0.25, 0.3) is 0 Å². The van der Waals surface area contributed by atoms with E-state index in [1.54, 1.807) is 36.3 Å². The Bertz CT molecular complexity index is 862. The average Bonchev–Trinajstić information content (AvgIpc) is 3.24. The van der Waals surface area contributed by atoms with Gasteiger partial charge in [0, 0.05) is 23.4 Å². The fourth-order valence-corrected chi connectivity index (χ4v) is 3.51. The Hall–Kier alpha value is -2.57. The molecule has 3 rings (SSSR count). The summed E-state index contributed by atoms with van der Waals surface area (Å²) in [5.74, 6) is 1.14. The Kier molecular flexibility index (Phi) is 7.49. The van der Waals surface area contributed by atoms with Gasteiger partial charge < -0.3 is 14.4 Å². The largest absolute Gasteiger partial charge is 0.496 e. The zero-order valence-corrected chi connectivity index (χ0v) is 17.6. The van der Waals surface area contributed by atoms with Crippen molar-refractivity contribution >= 4 is 23.2 Å². The normalized spacial score (nSPS) is 14.7. The van der Waals surface area contributed by atoms with Crippen LogP contribution in [0.2, 0.25) is 5.02 Å². The van der Waals surface area contributed by atoms with Crippen LogP contribution in [0.1, 0.15) is 30.9 Å². The molecule has 0 saturated carbocycles. The van der Waals surface area contributed by atoms with E-state index < -0.39 is 0 Å². The second-order valence-electron chi connectivity index (χ2n) is 7.14. The molecule has 1 amide bonds. The molecule has 0 aliphatic carbocycles. The van der Waals surface area contributed by atoms with Crippen LogP contribution in [-0.2, 0) is 11.3 Å². The first-order valence-corrected chi connectivity index (χ1v) is 10.2. The molecule has 1 fully saturated rings. The molecule has 2 N–H and O–H groups in total. The number of quaternary nitrogens is 1. The highest BCUT2D eigenvalue weighted by Crippen LogP contribution is 2.20. The summed E-state index contributed by atoms with van der Waals surface area (Å²) < 4.78 is 10.9. The van der Waals surface area contributed by atoms with Gasteiger partial charge in [0.05, 0.1) is 25.9 Å². The molecule has 0 bridgehead atoms. The Balaban J connectivity index is 1.59. The fraction of sp³-hybridized carbons (Fsp3) is 0.364. The molecular weight excluding hydrogens is 390 g/mol. The summed E-state index contributed by atoms with van der Waals surface area (Å²) in [4.78, 5) is 13.6. The Morgan fingerprint density at radius 3 is 2.59 bits per heavy atom. The summed E-state index contributed by atoms with van der Waals surface area (Å²) in [7, 11) is 1.69. The van der Waals surface area contributed by atoms with E-state index in [1.165, 1.54) is 25.9 Å². The third-order valence-corrected chi connectivity index (χ3v) is 5.23. The lowest BCUT2D eigenvalue weighted by atomic mass is 10.1. The smallest absolute Gasteiger partial charge is 0.277 e. The van der Waals surface area contributed by atoms with Crippen LogP contribution in [0.5, 0.6) is 11.5 Å². The molecule has 1 heterocycles. The zero-order chi connectivity index (χ0) is 20.6. The highest BCUT2D eigenvalue weighted by Gasteiger charge is 2.18. The maximum atomic E-state index is 12.0. The van der Waals surface area contributed by atoms with Gasteiger partial charge in [-0.05, 0) is 55.0 Å². The van der Waals surface area contributed by atoms with Gasteiger partial charge in [-0.1, -0.05) is 11.6 Å². The maximum Gasteiger partial charge on any atom is 0.277 e. The van der Waals surface area contributed by atoms with Crippen molar-refractivity contribution in [2.75, 3.05) is 26.8 Å². The van der Waals surface area contributed by atoms with Crippen LogP contribution in [0.3, 0.4) is 0 Å². The number of nitrogens with zero attached hydrogens (tertiary/aromatic N) is 1.